The molecule has 0 heterocycles. The Morgan fingerprint density at radius 2 is 0.533 bits per heavy atom. The largest absolute Gasteiger partial charge is 0.481 e. The first-order valence-corrected chi connectivity index (χ1v) is 21.4. The van der Waals surface area contributed by atoms with Crippen molar-refractivity contribution in [2.45, 2.75) is 231 Å². The van der Waals surface area contributed by atoms with Crippen LogP contribution in [-0.2, 0) is 13.9 Å². The Morgan fingerprint density at radius 1 is 0.356 bits per heavy atom. The van der Waals surface area contributed by atoms with E-state index in [2.05, 4.69) is 4.52 Å². The highest BCUT2D eigenvalue weighted by atomic mass is 31.2. The monoisotopic (exact) mass is 661 g/mol. The van der Waals surface area contributed by atoms with Crippen molar-refractivity contribution >= 4 is 13.8 Å². The number of hydrogen-bond acceptors (Lipinski definition) is 3. The van der Waals surface area contributed by atoms with E-state index in [9.17, 15) is 9.36 Å². The van der Waals surface area contributed by atoms with Gasteiger partial charge in [-0.25, -0.2) is 4.57 Å². The lowest BCUT2D eigenvalue weighted by atomic mass is 10.0. The summed E-state index contributed by atoms with van der Waals surface area (Å²) in [6.07, 6.45) is 46.8. The lowest BCUT2D eigenvalue weighted by molar-refractivity contribution is -0.137. The summed E-state index contributed by atoms with van der Waals surface area (Å²) in [6.45, 7) is 0.164. The second-order valence-corrected chi connectivity index (χ2v) is 15.1. The second kappa shape index (κ2) is 36.4. The van der Waals surface area contributed by atoms with E-state index in [-0.39, 0.29) is 6.61 Å². The van der Waals surface area contributed by atoms with Crippen LogP contribution in [0, 0.1) is 0 Å². The van der Waals surface area contributed by atoms with Crippen LogP contribution in [0.1, 0.15) is 231 Å². The average molecular weight is 661 g/mol. The Kier molecular flexibility index (Phi) is 36.1. The quantitative estimate of drug-likeness (QED) is 0.0448. The van der Waals surface area contributed by atoms with Crippen molar-refractivity contribution in [2.24, 2.45) is 0 Å². The molecule has 270 valence electrons. The molecule has 6 nitrogen and oxygen atoms in total. The molecule has 0 aromatic carbocycles. The summed E-state index contributed by atoms with van der Waals surface area (Å²) in [5.41, 5.74) is 0. The summed E-state index contributed by atoms with van der Waals surface area (Å²) in [5.74, 6) is -0.656. The number of hydrogen-bond donors (Lipinski definition) is 3. The van der Waals surface area contributed by atoms with Crippen LogP contribution in [0.2, 0.25) is 0 Å². The normalized spacial score (nSPS) is 11.9. The first-order chi connectivity index (χ1) is 21.9. The Bertz CT molecular complexity index is 638. The molecule has 45 heavy (non-hydrogen) atoms. The zero-order valence-corrected chi connectivity index (χ0v) is 30.6. The number of unbranched alkanes of at least 4 members (excludes halogenated alkanes) is 34. The van der Waals surface area contributed by atoms with Crippen LogP contribution < -0.4 is 0 Å². The first kappa shape index (κ1) is 44.6. The third kappa shape index (κ3) is 43.6. The van der Waals surface area contributed by atoms with Gasteiger partial charge in [0.15, 0.2) is 0 Å². The lowest BCUT2D eigenvalue weighted by Gasteiger charge is -2.05. The van der Waals surface area contributed by atoms with Gasteiger partial charge in [0, 0.05) is 6.42 Å². The number of phosphoric ester groups is 1. The number of phosphoric acid groups is 1. The highest BCUT2D eigenvalue weighted by molar-refractivity contribution is 7.46. The number of carboxylic acids is 1. The summed E-state index contributed by atoms with van der Waals surface area (Å²) < 4.78 is 15.1. The van der Waals surface area contributed by atoms with Crippen LogP contribution in [0.4, 0.5) is 0 Å². The molecule has 0 aliphatic heterocycles. The molecule has 0 amide bonds. The summed E-state index contributed by atoms with van der Waals surface area (Å²) in [5, 5.41) is 8.64. The van der Waals surface area contributed by atoms with Crippen molar-refractivity contribution in [2.75, 3.05) is 6.61 Å². The smallest absolute Gasteiger partial charge is 0.469 e. The van der Waals surface area contributed by atoms with E-state index >= 15 is 0 Å². The van der Waals surface area contributed by atoms with E-state index in [0.717, 1.165) is 32.1 Å². The predicted octanol–water partition coefficient (Wildman–Crippen LogP) is 13.2. The van der Waals surface area contributed by atoms with E-state index in [0.29, 0.717) is 6.42 Å². The molecule has 0 atom stereocenters. The van der Waals surface area contributed by atoms with Gasteiger partial charge in [0.25, 0.3) is 0 Å². The molecule has 0 bridgehead atoms. The Morgan fingerprint density at radius 3 is 0.711 bits per heavy atom. The van der Waals surface area contributed by atoms with Crippen LogP contribution in [0.5, 0.6) is 0 Å². The third-order valence-corrected chi connectivity index (χ3v) is 9.81. The Balaban J connectivity index is 3.06. The molecule has 0 aromatic rings. The fraction of sp³-hybridized carbons (Fsp3) is 0.974. The zero-order chi connectivity index (χ0) is 32.9. The van der Waals surface area contributed by atoms with Crippen LogP contribution in [0.3, 0.4) is 0 Å². The molecule has 0 saturated heterocycles. The number of carbonyl (C=O) groups is 1. The summed E-state index contributed by atoms with van der Waals surface area (Å²) in [6, 6.07) is 0. The van der Waals surface area contributed by atoms with Crippen LogP contribution in [0.25, 0.3) is 0 Å². The summed E-state index contributed by atoms with van der Waals surface area (Å²) >= 11 is 0. The maximum absolute atomic E-state index is 10.6. The van der Waals surface area contributed by atoms with E-state index in [4.69, 9.17) is 14.9 Å². The standard InChI is InChI=1S/C38H77O6P/c39-38(40)36-34-32-30-28-26-24-22-20-18-16-14-12-10-8-6-4-2-1-3-5-7-9-11-13-15-17-19-21-23-25-27-29-31-33-35-37-44-45(41,42)43/h1-37H2,(H,39,40)(H2,41,42,43). The first-order valence-electron chi connectivity index (χ1n) is 19.8. The van der Waals surface area contributed by atoms with Gasteiger partial charge in [-0.1, -0.05) is 212 Å². The molecule has 0 unspecified atom stereocenters. The maximum atomic E-state index is 10.6. The van der Waals surface area contributed by atoms with Crippen molar-refractivity contribution in [1.82, 2.24) is 0 Å². The highest BCUT2D eigenvalue weighted by Crippen LogP contribution is 2.35. The lowest BCUT2D eigenvalue weighted by Crippen LogP contribution is -1.93. The van der Waals surface area contributed by atoms with E-state index in [1.54, 1.807) is 0 Å². The zero-order valence-electron chi connectivity index (χ0n) is 29.7. The van der Waals surface area contributed by atoms with Gasteiger partial charge in [0.1, 0.15) is 0 Å². The molecular weight excluding hydrogens is 583 g/mol. The maximum Gasteiger partial charge on any atom is 0.469 e. The number of aliphatic carboxylic acids is 1. The van der Waals surface area contributed by atoms with Gasteiger partial charge in [0.05, 0.1) is 6.61 Å². The van der Waals surface area contributed by atoms with Crippen molar-refractivity contribution < 1.29 is 28.8 Å². The predicted molar refractivity (Wildman–Crippen MR) is 192 cm³/mol. The van der Waals surface area contributed by atoms with Gasteiger partial charge >= 0.3 is 13.8 Å². The topological polar surface area (TPSA) is 104 Å². The molecular formula is C38H77O6P. The minimum atomic E-state index is -4.28. The van der Waals surface area contributed by atoms with Crippen LogP contribution in [0.15, 0.2) is 0 Å². The summed E-state index contributed by atoms with van der Waals surface area (Å²) in [4.78, 5) is 27.8. The highest BCUT2D eigenvalue weighted by Gasteiger charge is 2.12. The van der Waals surface area contributed by atoms with Gasteiger partial charge in [-0.2, -0.15) is 0 Å². The van der Waals surface area contributed by atoms with Gasteiger partial charge in [0.2, 0.25) is 0 Å². The van der Waals surface area contributed by atoms with Crippen LogP contribution >= 0.6 is 7.82 Å². The molecule has 0 saturated carbocycles. The van der Waals surface area contributed by atoms with E-state index in [1.165, 1.54) is 193 Å². The van der Waals surface area contributed by atoms with Crippen molar-refractivity contribution in [3.63, 3.8) is 0 Å². The fourth-order valence-electron chi connectivity index (χ4n) is 6.40. The molecule has 3 N–H and O–H groups in total. The second-order valence-electron chi connectivity index (χ2n) is 13.8. The SMILES string of the molecule is O=C(O)CCCCCCCCCCCCCCCCCCCCCCCCCCCCCCCCCCCCCOP(=O)(O)O. The third-order valence-electron chi connectivity index (χ3n) is 9.29. The Labute approximate surface area is 279 Å². The number of rotatable bonds is 39. The minimum Gasteiger partial charge on any atom is -0.481 e. The van der Waals surface area contributed by atoms with Crippen molar-refractivity contribution in [1.29, 1.82) is 0 Å². The van der Waals surface area contributed by atoms with Gasteiger partial charge in [-0.3, -0.25) is 9.32 Å². The average Bonchev–Trinajstić information content (AvgIpc) is 2.99. The molecule has 0 aromatic heterocycles. The fourth-order valence-corrected chi connectivity index (χ4v) is 6.76. The molecule has 7 heteroatoms. The van der Waals surface area contributed by atoms with Gasteiger partial charge < -0.3 is 14.9 Å². The van der Waals surface area contributed by atoms with Crippen molar-refractivity contribution in [3.05, 3.63) is 0 Å². The Hall–Kier alpha value is -0.420. The molecule has 0 aliphatic carbocycles. The van der Waals surface area contributed by atoms with E-state index < -0.39 is 13.8 Å². The minimum absolute atomic E-state index is 0.164. The summed E-state index contributed by atoms with van der Waals surface area (Å²) in [7, 11) is -4.28. The molecule has 0 spiro atoms. The molecule has 0 rings (SSSR count). The van der Waals surface area contributed by atoms with Gasteiger partial charge in [-0.15, -0.1) is 0 Å². The van der Waals surface area contributed by atoms with E-state index in [1.807, 2.05) is 0 Å². The van der Waals surface area contributed by atoms with Crippen molar-refractivity contribution in [3.8, 4) is 0 Å². The van der Waals surface area contributed by atoms with Crippen LogP contribution in [-0.4, -0.2) is 27.5 Å². The molecule has 0 fully saturated rings. The van der Waals surface area contributed by atoms with Gasteiger partial charge in [-0.05, 0) is 12.8 Å². The molecule has 0 aliphatic rings. The number of carboxylic acid groups (broad SMARTS) is 1. The molecule has 0 radical (unpaired) electrons.